The molecule has 2 rings (SSSR count). The first kappa shape index (κ1) is 10.8. The van der Waals surface area contributed by atoms with Crippen molar-refractivity contribution >= 4 is 5.69 Å². The van der Waals surface area contributed by atoms with E-state index in [0.29, 0.717) is 0 Å². The van der Waals surface area contributed by atoms with E-state index in [-0.39, 0.29) is 5.69 Å². The van der Waals surface area contributed by atoms with Gasteiger partial charge in [-0.15, -0.1) is 0 Å². The van der Waals surface area contributed by atoms with Crippen LogP contribution in [0, 0.1) is 16.2 Å². The van der Waals surface area contributed by atoms with Crippen molar-refractivity contribution < 1.29 is 4.92 Å². The molecule has 0 aliphatic heterocycles. The quantitative estimate of drug-likeness (QED) is 0.523. The highest BCUT2D eigenvalue weighted by molar-refractivity contribution is 5.27. The minimum Gasteiger partial charge on any atom is -0.258 e. The van der Waals surface area contributed by atoms with Crippen LogP contribution in [0.4, 0.5) is 5.69 Å². The van der Waals surface area contributed by atoms with Crippen molar-refractivity contribution in [2.24, 2.45) is 0 Å². The molecule has 0 saturated carbocycles. The van der Waals surface area contributed by atoms with Gasteiger partial charge in [0.15, 0.2) is 0 Å². The lowest BCUT2D eigenvalue weighted by Crippen LogP contribution is -1.84. The molecular formula is C10H8N3O2. The molecule has 5 heteroatoms. The van der Waals surface area contributed by atoms with Gasteiger partial charge in [-0.1, -0.05) is 0 Å². The van der Waals surface area contributed by atoms with Gasteiger partial charge in [-0.3, -0.25) is 10.1 Å². The molecule has 1 aromatic carbocycles. The number of hydrogen-bond donors (Lipinski definition) is 0. The summed E-state index contributed by atoms with van der Waals surface area (Å²) in [7, 11) is 0. The van der Waals surface area contributed by atoms with Gasteiger partial charge in [0.05, 0.1) is 4.92 Å². The molecule has 1 aromatic heterocycles. The highest BCUT2D eigenvalue weighted by Gasteiger charge is 1.98. The van der Waals surface area contributed by atoms with Gasteiger partial charge in [0.25, 0.3) is 5.69 Å². The monoisotopic (exact) mass is 202 g/mol. The highest BCUT2D eigenvalue weighted by Crippen LogP contribution is 2.06. The molecule has 0 spiro atoms. The highest BCUT2D eigenvalue weighted by atomic mass is 16.6. The van der Waals surface area contributed by atoms with E-state index in [9.17, 15) is 10.1 Å². The van der Waals surface area contributed by atoms with Crippen molar-refractivity contribution in [3.05, 3.63) is 65.2 Å². The lowest BCUT2D eigenvalue weighted by molar-refractivity contribution is -0.384. The summed E-state index contributed by atoms with van der Waals surface area (Å²) >= 11 is 0. The maximum absolute atomic E-state index is 9.99. The molecule has 0 amide bonds. The predicted octanol–water partition coefficient (Wildman–Crippen LogP) is 1.87. The summed E-state index contributed by atoms with van der Waals surface area (Å²) in [4.78, 5) is 16.9. The molecule has 0 bridgehead atoms. The molecule has 2 aromatic rings. The summed E-state index contributed by atoms with van der Waals surface area (Å²) < 4.78 is 0. The lowest BCUT2D eigenvalue weighted by atomic mass is 10.3. The van der Waals surface area contributed by atoms with E-state index in [1.807, 2.05) is 0 Å². The molecule has 0 aliphatic rings. The number of nitro groups is 1. The van der Waals surface area contributed by atoms with Crippen LogP contribution in [-0.4, -0.2) is 14.9 Å². The second-order valence-electron chi connectivity index (χ2n) is 2.42. The van der Waals surface area contributed by atoms with Crippen molar-refractivity contribution in [2.75, 3.05) is 0 Å². The Labute approximate surface area is 86.6 Å². The molecule has 0 fully saturated rings. The van der Waals surface area contributed by atoms with Crippen LogP contribution in [0.5, 0.6) is 0 Å². The molecule has 0 atom stereocenters. The van der Waals surface area contributed by atoms with Crippen LogP contribution in [-0.2, 0) is 0 Å². The largest absolute Gasteiger partial charge is 0.269 e. The number of hydrogen-bond acceptors (Lipinski definition) is 4. The van der Waals surface area contributed by atoms with Gasteiger partial charge in [-0.05, 0) is 24.3 Å². The van der Waals surface area contributed by atoms with Gasteiger partial charge in [0, 0.05) is 24.5 Å². The van der Waals surface area contributed by atoms with Crippen LogP contribution in [0.25, 0.3) is 0 Å². The Hall–Kier alpha value is -2.30. The first-order valence-corrected chi connectivity index (χ1v) is 4.11. The zero-order valence-corrected chi connectivity index (χ0v) is 7.78. The SMILES string of the molecule is O=[N+]([O-])c1cc[c]cc1.c1cncnc1. The number of rotatable bonds is 1. The van der Waals surface area contributed by atoms with Gasteiger partial charge in [0.2, 0.25) is 0 Å². The molecule has 0 saturated heterocycles. The van der Waals surface area contributed by atoms with Crippen molar-refractivity contribution in [3.8, 4) is 0 Å². The van der Waals surface area contributed by atoms with E-state index in [1.165, 1.54) is 30.6 Å². The third kappa shape index (κ3) is 4.47. The summed E-state index contributed by atoms with van der Waals surface area (Å²) in [5, 5.41) is 9.99. The maximum atomic E-state index is 9.99. The Morgan fingerprint density at radius 2 is 1.80 bits per heavy atom. The Balaban J connectivity index is 0.000000162. The van der Waals surface area contributed by atoms with Crippen LogP contribution >= 0.6 is 0 Å². The smallest absolute Gasteiger partial charge is 0.258 e. The zero-order chi connectivity index (χ0) is 10.9. The lowest BCUT2D eigenvalue weighted by Gasteiger charge is -1.84. The molecule has 0 unspecified atom stereocenters. The maximum Gasteiger partial charge on any atom is 0.269 e. The molecule has 15 heavy (non-hydrogen) atoms. The van der Waals surface area contributed by atoms with Crippen molar-refractivity contribution in [2.45, 2.75) is 0 Å². The van der Waals surface area contributed by atoms with Crippen LogP contribution < -0.4 is 0 Å². The first-order chi connectivity index (χ1) is 7.30. The number of benzene rings is 1. The van der Waals surface area contributed by atoms with E-state index in [1.54, 1.807) is 18.5 Å². The first-order valence-electron chi connectivity index (χ1n) is 4.11. The van der Waals surface area contributed by atoms with E-state index in [0.717, 1.165) is 0 Å². The molecule has 1 radical (unpaired) electrons. The van der Waals surface area contributed by atoms with Crippen molar-refractivity contribution in [1.82, 2.24) is 9.97 Å². The van der Waals surface area contributed by atoms with Crippen LogP contribution in [0.2, 0.25) is 0 Å². The minimum absolute atomic E-state index is 0.105. The Kier molecular flexibility index (Phi) is 4.45. The fraction of sp³-hybridized carbons (Fsp3) is 0. The topological polar surface area (TPSA) is 68.9 Å². The van der Waals surface area contributed by atoms with Crippen LogP contribution in [0.1, 0.15) is 0 Å². The van der Waals surface area contributed by atoms with Gasteiger partial charge in [0.1, 0.15) is 6.33 Å². The van der Waals surface area contributed by atoms with E-state index < -0.39 is 4.92 Å². The van der Waals surface area contributed by atoms with Gasteiger partial charge in [-0.2, -0.15) is 0 Å². The standard InChI is InChI=1S/C6H4NO2.C4H4N2/c8-7(9)6-4-2-1-3-5-6;1-2-5-4-6-3-1/h2-5H;1-4H. The summed E-state index contributed by atoms with van der Waals surface area (Å²) in [5.74, 6) is 0. The molecule has 75 valence electrons. The van der Waals surface area contributed by atoms with Gasteiger partial charge >= 0.3 is 0 Å². The molecular weight excluding hydrogens is 194 g/mol. The van der Waals surface area contributed by atoms with Crippen molar-refractivity contribution in [1.29, 1.82) is 0 Å². The fourth-order valence-electron chi connectivity index (χ4n) is 0.753. The second-order valence-corrected chi connectivity index (χ2v) is 2.42. The second kappa shape index (κ2) is 6.20. The fourth-order valence-corrected chi connectivity index (χ4v) is 0.753. The molecule has 1 heterocycles. The average molecular weight is 202 g/mol. The van der Waals surface area contributed by atoms with E-state index >= 15 is 0 Å². The Morgan fingerprint density at radius 1 is 1.20 bits per heavy atom. The minimum atomic E-state index is -0.437. The predicted molar refractivity (Wildman–Crippen MR) is 54.0 cm³/mol. The zero-order valence-electron chi connectivity index (χ0n) is 7.78. The average Bonchev–Trinajstić information content (AvgIpc) is 2.33. The summed E-state index contributed by atoms with van der Waals surface area (Å²) in [6.07, 6.45) is 4.88. The number of nitrogens with zero attached hydrogens (tertiary/aromatic N) is 3. The molecule has 0 N–H and O–H groups in total. The molecule has 0 aliphatic carbocycles. The number of aromatic nitrogens is 2. The summed E-state index contributed by atoms with van der Waals surface area (Å²) in [6, 6.07) is 10.3. The normalized spacial score (nSPS) is 8.53. The van der Waals surface area contributed by atoms with E-state index in [4.69, 9.17) is 0 Å². The van der Waals surface area contributed by atoms with Gasteiger partial charge in [-0.25, -0.2) is 9.97 Å². The molecule has 5 nitrogen and oxygen atoms in total. The number of non-ortho nitro benzene ring substituents is 1. The third-order valence-corrected chi connectivity index (χ3v) is 1.39. The van der Waals surface area contributed by atoms with Crippen LogP contribution in [0.3, 0.4) is 0 Å². The van der Waals surface area contributed by atoms with E-state index in [2.05, 4.69) is 16.0 Å². The van der Waals surface area contributed by atoms with Gasteiger partial charge < -0.3 is 0 Å². The van der Waals surface area contributed by atoms with Crippen molar-refractivity contribution in [3.63, 3.8) is 0 Å². The number of nitro benzene ring substituents is 1. The van der Waals surface area contributed by atoms with Crippen LogP contribution in [0.15, 0.2) is 49.1 Å². The Bertz CT molecular complexity index is 365. The Morgan fingerprint density at radius 3 is 2.07 bits per heavy atom. The third-order valence-electron chi connectivity index (χ3n) is 1.39. The summed E-state index contributed by atoms with van der Waals surface area (Å²) in [6.45, 7) is 0. The summed E-state index contributed by atoms with van der Waals surface area (Å²) in [5.41, 5.74) is 0.105.